The minimum atomic E-state index is 1.17. The van der Waals surface area contributed by atoms with Crippen LogP contribution < -0.4 is 4.57 Å². The van der Waals surface area contributed by atoms with E-state index in [1.54, 1.807) is 0 Å². The third-order valence-corrected chi connectivity index (χ3v) is 4.42. The second kappa shape index (κ2) is 5.40. The van der Waals surface area contributed by atoms with E-state index in [1.807, 2.05) is 0 Å². The maximum Gasteiger partial charge on any atom is 0.212 e. The molecule has 2 nitrogen and oxygen atoms in total. The van der Waals surface area contributed by atoms with Gasteiger partial charge in [-0.05, 0) is 42.3 Å². The van der Waals surface area contributed by atoms with Gasteiger partial charge in [-0.2, -0.15) is 4.57 Å². The van der Waals surface area contributed by atoms with Crippen LogP contribution in [0.1, 0.15) is 16.8 Å². The molecular weight excluding hydrogens is 280 g/mol. The number of pyridine rings is 1. The Morgan fingerprint density at radius 3 is 2.70 bits per heavy atom. The van der Waals surface area contributed by atoms with Gasteiger partial charge in [-0.3, -0.25) is 0 Å². The largest absolute Gasteiger partial charge is 0.361 e. The van der Waals surface area contributed by atoms with E-state index < -0.39 is 0 Å². The van der Waals surface area contributed by atoms with E-state index >= 15 is 0 Å². The molecule has 0 bridgehead atoms. The fourth-order valence-electron chi connectivity index (χ4n) is 3.09. The van der Waals surface area contributed by atoms with Gasteiger partial charge in [-0.25, -0.2) is 0 Å². The summed E-state index contributed by atoms with van der Waals surface area (Å²) in [6, 6.07) is 19.3. The lowest BCUT2D eigenvalue weighted by atomic mass is 10.1. The minimum absolute atomic E-state index is 1.17. The Kier molecular flexibility index (Phi) is 3.23. The second-order valence-electron chi connectivity index (χ2n) is 6.00. The van der Waals surface area contributed by atoms with Gasteiger partial charge >= 0.3 is 0 Å². The molecule has 4 rings (SSSR count). The van der Waals surface area contributed by atoms with Crippen molar-refractivity contribution in [2.75, 3.05) is 0 Å². The highest BCUT2D eigenvalue weighted by molar-refractivity contribution is 5.91. The molecule has 0 unspecified atom stereocenters. The van der Waals surface area contributed by atoms with Crippen molar-refractivity contribution in [2.45, 2.75) is 6.92 Å². The van der Waals surface area contributed by atoms with Crippen LogP contribution >= 0.6 is 0 Å². The third kappa shape index (κ3) is 2.42. The number of nitrogens with one attached hydrogen (secondary N) is 1. The molecule has 0 saturated heterocycles. The molecule has 0 aliphatic heterocycles. The summed E-state index contributed by atoms with van der Waals surface area (Å²) >= 11 is 0. The van der Waals surface area contributed by atoms with Crippen LogP contribution in [-0.4, -0.2) is 4.98 Å². The zero-order chi connectivity index (χ0) is 15.8. The van der Waals surface area contributed by atoms with Crippen molar-refractivity contribution in [3.63, 3.8) is 0 Å². The number of fused-ring (bicyclic) bond motifs is 2. The molecule has 1 N–H and O–H groups in total. The zero-order valence-corrected chi connectivity index (χ0v) is 13.4. The lowest BCUT2D eigenvalue weighted by molar-refractivity contribution is -0.646. The second-order valence-corrected chi connectivity index (χ2v) is 6.00. The van der Waals surface area contributed by atoms with E-state index in [9.17, 15) is 0 Å². The van der Waals surface area contributed by atoms with Crippen LogP contribution in [0, 0.1) is 6.92 Å². The Balaban J connectivity index is 1.79. The smallest absolute Gasteiger partial charge is 0.212 e. The topological polar surface area (TPSA) is 19.7 Å². The lowest BCUT2D eigenvalue weighted by Crippen LogP contribution is -2.32. The van der Waals surface area contributed by atoms with Crippen molar-refractivity contribution >= 4 is 34.0 Å². The Hall–Kier alpha value is -2.87. The molecule has 0 saturated carbocycles. The number of nitrogens with zero attached hydrogens (tertiary/aromatic N) is 1. The van der Waals surface area contributed by atoms with Gasteiger partial charge in [0.2, 0.25) is 11.2 Å². The Morgan fingerprint density at radius 1 is 0.957 bits per heavy atom. The van der Waals surface area contributed by atoms with Crippen LogP contribution in [-0.2, 0) is 7.05 Å². The number of aromatic nitrogens is 2. The van der Waals surface area contributed by atoms with Gasteiger partial charge in [-0.15, -0.1) is 0 Å². The summed E-state index contributed by atoms with van der Waals surface area (Å²) in [7, 11) is 2.12. The Morgan fingerprint density at radius 2 is 1.78 bits per heavy atom. The molecule has 0 radical (unpaired) electrons. The molecule has 112 valence electrons. The molecule has 23 heavy (non-hydrogen) atoms. The first-order valence-corrected chi connectivity index (χ1v) is 7.86. The summed E-state index contributed by atoms with van der Waals surface area (Å²) in [4.78, 5) is 3.32. The van der Waals surface area contributed by atoms with Gasteiger partial charge in [-0.1, -0.05) is 24.3 Å². The van der Waals surface area contributed by atoms with E-state index in [0.29, 0.717) is 0 Å². The van der Waals surface area contributed by atoms with Crippen molar-refractivity contribution in [3.8, 4) is 0 Å². The Labute approximate surface area is 135 Å². The van der Waals surface area contributed by atoms with Crippen molar-refractivity contribution in [2.24, 2.45) is 7.05 Å². The molecule has 2 heteroatoms. The molecule has 2 aromatic heterocycles. The van der Waals surface area contributed by atoms with E-state index in [0.717, 1.165) is 0 Å². The highest BCUT2D eigenvalue weighted by Crippen LogP contribution is 2.20. The van der Waals surface area contributed by atoms with E-state index in [1.165, 1.54) is 38.6 Å². The van der Waals surface area contributed by atoms with Crippen LogP contribution in [0.15, 0.2) is 60.8 Å². The number of rotatable bonds is 2. The molecule has 0 fully saturated rings. The maximum atomic E-state index is 3.32. The molecule has 0 aliphatic rings. The molecule has 2 heterocycles. The zero-order valence-electron chi connectivity index (χ0n) is 13.4. The molecule has 0 aliphatic carbocycles. The standard InChI is InChI=1S/C21H18N2/c1-15-7-8-16-9-11-18(23(2)21(16)13-15)12-10-17-14-22-20-6-4-3-5-19(17)20/h3-14H,1-2H3/p+1. The summed E-state index contributed by atoms with van der Waals surface area (Å²) < 4.78 is 2.24. The monoisotopic (exact) mass is 299 g/mol. The minimum Gasteiger partial charge on any atom is -0.361 e. The molecule has 0 spiro atoms. The fourth-order valence-corrected chi connectivity index (χ4v) is 3.09. The molecule has 4 aromatic rings. The highest BCUT2D eigenvalue weighted by Gasteiger charge is 2.09. The normalized spacial score (nSPS) is 11.7. The van der Waals surface area contributed by atoms with E-state index in [-0.39, 0.29) is 0 Å². The number of aromatic amines is 1. The number of benzene rings is 2. The number of para-hydroxylation sites is 1. The highest BCUT2D eigenvalue weighted by atomic mass is 14.9. The van der Waals surface area contributed by atoms with Crippen molar-refractivity contribution in [1.29, 1.82) is 0 Å². The van der Waals surface area contributed by atoms with Crippen LogP contribution in [0.3, 0.4) is 0 Å². The van der Waals surface area contributed by atoms with Crippen molar-refractivity contribution in [3.05, 3.63) is 77.6 Å². The summed E-state index contributed by atoms with van der Waals surface area (Å²) in [5, 5.41) is 2.52. The van der Waals surface area contributed by atoms with Crippen molar-refractivity contribution in [1.82, 2.24) is 4.98 Å². The summed E-state index contributed by atoms with van der Waals surface area (Å²) in [5.74, 6) is 0. The number of hydrogen-bond donors (Lipinski definition) is 1. The maximum absolute atomic E-state index is 3.32. The predicted molar refractivity (Wildman–Crippen MR) is 97.1 cm³/mol. The number of hydrogen-bond acceptors (Lipinski definition) is 0. The fraction of sp³-hybridized carbons (Fsp3) is 0.0952. The van der Waals surface area contributed by atoms with Gasteiger partial charge in [0, 0.05) is 40.7 Å². The lowest BCUT2D eigenvalue weighted by Gasteiger charge is -2.01. The Bertz CT molecular complexity index is 1040. The molecule has 0 atom stereocenters. The molecule has 2 aromatic carbocycles. The van der Waals surface area contributed by atoms with E-state index in [2.05, 4.69) is 96.5 Å². The average Bonchev–Trinajstić information content (AvgIpc) is 2.98. The van der Waals surface area contributed by atoms with Crippen molar-refractivity contribution < 1.29 is 4.57 Å². The molecular formula is C21H19N2+. The van der Waals surface area contributed by atoms with Gasteiger partial charge in [0.05, 0.1) is 0 Å². The van der Waals surface area contributed by atoms with Gasteiger partial charge in [0.15, 0.2) is 0 Å². The van der Waals surface area contributed by atoms with Gasteiger partial charge in [0.25, 0.3) is 0 Å². The predicted octanol–water partition coefficient (Wildman–Crippen LogP) is 4.62. The number of aryl methyl sites for hydroxylation is 2. The quantitative estimate of drug-likeness (QED) is 0.521. The first-order valence-electron chi connectivity index (χ1n) is 7.86. The van der Waals surface area contributed by atoms with E-state index in [4.69, 9.17) is 0 Å². The first-order chi connectivity index (χ1) is 11.2. The summed E-state index contributed by atoms with van der Waals surface area (Å²) in [5.41, 5.74) is 6.11. The van der Waals surface area contributed by atoms with Gasteiger partial charge in [0.1, 0.15) is 7.05 Å². The van der Waals surface area contributed by atoms with Crippen LogP contribution in [0.4, 0.5) is 0 Å². The SMILES string of the molecule is Cc1ccc2ccc(C=Cc3c[nH]c4ccccc34)[n+](C)c2c1. The average molecular weight is 299 g/mol. The summed E-state index contributed by atoms with van der Waals surface area (Å²) in [6.07, 6.45) is 6.42. The third-order valence-electron chi connectivity index (χ3n) is 4.42. The first kappa shape index (κ1) is 13.8. The van der Waals surface area contributed by atoms with Gasteiger partial charge < -0.3 is 4.98 Å². The summed E-state index contributed by atoms with van der Waals surface area (Å²) in [6.45, 7) is 2.13. The number of H-pyrrole nitrogens is 1. The van der Waals surface area contributed by atoms with Crippen LogP contribution in [0.5, 0.6) is 0 Å². The van der Waals surface area contributed by atoms with Crippen LogP contribution in [0.25, 0.3) is 34.0 Å². The van der Waals surface area contributed by atoms with Crippen LogP contribution in [0.2, 0.25) is 0 Å². The molecule has 0 amide bonds.